The molecule has 1 N–H and O–H groups in total. The van der Waals surface area contributed by atoms with Gasteiger partial charge in [-0.3, -0.25) is 0 Å². The molecule has 3 heterocycles. The molecule has 246 valence electrons. The Bertz CT molecular complexity index is 2860. The zero-order valence-electron chi connectivity index (χ0n) is 28.4. The first-order valence-electron chi connectivity index (χ1n) is 17.5. The van der Waals surface area contributed by atoms with Crippen molar-refractivity contribution in [2.75, 3.05) is 6.54 Å². The fourth-order valence-electron chi connectivity index (χ4n) is 8.13. The molecule has 1 saturated heterocycles. The maximum Gasteiger partial charge on any atom is 0.101 e. The minimum atomic E-state index is 0.236. The van der Waals surface area contributed by atoms with Crippen LogP contribution in [-0.2, 0) is 0 Å². The molecule has 6 heteroatoms. The summed E-state index contributed by atoms with van der Waals surface area (Å²) in [6.45, 7) is 0.885. The van der Waals surface area contributed by atoms with Crippen LogP contribution in [0.1, 0.15) is 28.3 Å². The van der Waals surface area contributed by atoms with Crippen LogP contribution < -0.4 is 5.32 Å². The lowest BCUT2D eigenvalue weighted by Gasteiger charge is -2.23. The van der Waals surface area contributed by atoms with Gasteiger partial charge in [0, 0.05) is 39.7 Å². The molecule has 1 atom stereocenters. The first-order chi connectivity index (χ1) is 26.2. The summed E-state index contributed by atoms with van der Waals surface area (Å²) >= 11 is 0. The SMILES string of the molecule is N#Cc1cc(-c2cccc(-c3c(-n4c5ccccc5c5ccccc54)c(C#N)cc(C#N)c3-n3c4ccccc4c4ccccc43)c2)cc(C2CN2)c1. The van der Waals surface area contributed by atoms with Gasteiger partial charge in [0.15, 0.2) is 0 Å². The van der Waals surface area contributed by atoms with Gasteiger partial charge in [-0.15, -0.1) is 0 Å². The third kappa shape index (κ3) is 4.67. The summed E-state index contributed by atoms with van der Waals surface area (Å²) in [7, 11) is 0. The zero-order valence-corrected chi connectivity index (χ0v) is 28.4. The second-order valence-corrected chi connectivity index (χ2v) is 13.5. The molecule has 0 spiro atoms. The van der Waals surface area contributed by atoms with Crippen molar-refractivity contribution in [3.63, 3.8) is 0 Å². The normalized spacial score (nSPS) is 13.6. The molecule has 53 heavy (non-hydrogen) atoms. The van der Waals surface area contributed by atoms with Crippen LogP contribution in [0.2, 0.25) is 0 Å². The lowest BCUT2D eigenvalue weighted by atomic mass is 9.91. The molecule has 1 unspecified atom stereocenters. The monoisotopic (exact) mass is 676 g/mol. The van der Waals surface area contributed by atoms with Gasteiger partial charge in [-0.1, -0.05) is 91.0 Å². The van der Waals surface area contributed by atoms with Crippen molar-refractivity contribution in [1.29, 1.82) is 15.8 Å². The van der Waals surface area contributed by atoms with Crippen LogP contribution in [-0.4, -0.2) is 15.7 Å². The average molecular weight is 677 g/mol. The standard InChI is InChI=1S/C47H28N6/c48-25-29-20-32(23-33(21-29)40-28-51-40)30-10-9-11-31(22-30)45-46(52-41-16-5-1-12-36(41)37-13-2-6-17-42(37)52)34(26-49)24-35(27-50)47(45)53-43-18-7-3-14-38(43)39-15-4-8-19-44(39)53/h1-24,40,51H,28H2. The minimum Gasteiger partial charge on any atom is -0.307 e. The molecule has 0 bridgehead atoms. The van der Waals surface area contributed by atoms with E-state index in [4.69, 9.17) is 0 Å². The Morgan fingerprint density at radius 1 is 0.472 bits per heavy atom. The van der Waals surface area contributed by atoms with E-state index in [1.807, 2.05) is 66.7 Å². The number of nitriles is 3. The maximum absolute atomic E-state index is 11.0. The summed E-state index contributed by atoms with van der Waals surface area (Å²) in [5.41, 5.74) is 11.2. The van der Waals surface area contributed by atoms with E-state index in [2.05, 4.69) is 105 Å². The summed E-state index contributed by atoms with van der Waals surface area (Å²) in [4.78, 5) is 0. The van der Waals surface area contributed by atoms with Crippen LogP contribution >= 0.6 is 0 Å². The number of rotatable bonds is 5. The number of hydrogen-bond donors (Lipinski definition) is 1. The predicted octanol–water partition coefficient (Wildman–Crippen LogP) is 10.5. The number of nitrogens with one attached hydrogen (secondary N) is 1. The van der Waals surface area contributed by atoms with Crippen LogP contribution in [0.5, 0.6) is 0 Å². The smallest absolute Gasteiger partial charge is 0.101 e. The Hall–Kier alpha value is -7.43. The topological polar surface area (TPSA) is 103 Å². The van der Waals surface area contributed by atoms with Crippen LogP contribution in [0.3, 0.4) is 0 Å². The summed E-state index contributed by atoms with van der Waals surface area (Å²) in [6.07, 6.45) is 0. The van der Waals surface area contributed by atoms with E-state index < -0.39 is 0 Å². The molecule has 6 nitrogen and oxygen atoms in total. The number of benzene rings is 7. The summed E-state index contributed by atoms with van der Waals surface area (Å²) in [5, 5.41) is 39.6. The first kappa shape index (κ1) is 30.4. The second-order valence-electron chi connectivity index (χ2n) is 13.5. The van der Waals surface area contributed by atoms with Gasteiger partial charge >= 0.3 is 0 Å². The molecular weight excluding hydrogens is 649 g/mol. The number of nitrogens with zero attached hydrogens (tertiary/aromatic N) is 5. The van der Waals surface area contributed by atoms with Gasteiger partial charge in [-0.2, -0.15) is 15.8 Å². The van der Waals surface area contributed by atoms with Crippen molar-refractivity contribution in [3.05, 3.63) is 168 Å². The Morgan fingerprint density at radius 3 is 1.40 bits per heavy atom. The Morgan fingerprint density at radius 2 is 0.943 bits per heavy atom. The maximum atomic E-state index is 11.0. The fourth-order valence-corrected chi connectivity index (χ4v) is 8.13. The number of aromatic nitrogens is 2. The first-order valence-corrected chi connectivity index (χ1v) is 17.5. The zero-order chi connectivity index (χ0) is 35.6. The van der Waals surface area contributed by atoms with E-state index in [-0.39, 0.29) is 6.04 Å². The highest BCUT2D eigenvalue weighted by atomic mass is 15.1. The predicted molar refractivity (Wildman–Crippen MR) is 211 cm³/mol. The molecule has 10 rings (SSSR count). The lowest BCUT2D eigenvalue weighted by molar-refractivity contribution is 1.08. The van der Waals surface area contributed by atoms with Gasteiger partial charge in [0.2, 0.25) is 0 Å². The van der Waals surface area contributed by atoms with E-state index in [1.165, 1.54) is 0 Å². The third-order valence-electron chi connectivity index (χ3n) is 10.5. The van der Waals surface area contributed by atoms with Crippen molar-refractivity contribution < 1.29 is 0 Å². The minimum absolute atomic E-state index is 0.236. The molecule has 1 fully saturated rings. The van der Waals surface area contributed by atoms with Gasteiger partial charge in [-0.05, 0) is 76.9 Å². The summed E-state index contributed by atoms with van der Waals surface area (Å²) in [5.74, 6) is 0. The Labute approximate surface area is 305 Å². The van der Waals surface area contributed by atoms with Crippen LogP contribution in [0.15, 0.2) is 146 Å². The lowest BCUT2D eigenvalue weighted by Crippen LogP contribution is -2.08. The molecule has 0 aliphatic carbocycles. The molecule has 1 aliphatic rings. The van der Waals surface area contributed by atoms with E-state index >= 15 is 0 Å². The van der Waals surface area contributed by atoms with Gasteiger partial charge in [0.05, 0.1) is 56.2 Å². The Kier molecular flexibility index (Phi) is 6.79. The van der Waals surface area contributed by atoms with Crippen molar-refractivity contribution >= 4 is 43.6 Å². The molecule has 0 amide bonds. The van der Waals surface area contributed by atoms with Gasteiger partial charge in [-0.25, -0.2) is 0 Å². The quantitative estimate of drug-likeness (QED) is 0.183. The second kappa shape index (κ2) is 11.8. The van der Waals surface area contributed by atoms with E-state index in [0.717, 1.165) is 78.0 Å². The third-order valence-corrected chi connectivity index (χ3v) is 10.5. The number of fused-ring (bicyclic) bond motifs is 6. The molecule has 1 aliphatic heterocycles. The van der Waals surface area contributed by atoms with Crippen molar-refractivity contribution in [2.24, 2.45) is 0 Å². The number of para-hydroxylation sites is 4. The summed E-state index contributed by atoms with van der Waals surface area (Å²) in [6, 6.07) is 56.8. The molecule has 0 saturated carbocycles. The van der Waals surface area contributed by atoms with Crippen molar-refractivity contribution in [2.45, 2.75) is 6.04 Å². The molecular formula is C47H28N6. The van der Waals surface area contributed by atoms with E-state index in [0.29, 0.717) is 28.1 Å². The highest BCUT2D eigenvalue weighted by Gasteiger charge is 2.28. The summed E-state index contributed by atoms with van der Waals surface area (Å²) < 4.78 is 4.38. The highest BCUT2D eigenvalue weighted by Crippen LogP contribution is 2.45. The fraction of sp³-hybridized carbons (Fsp3) is 0.0426. The van der Waals surface area contributed by atoms with Crippen molar-refractivity contribution in [1.82, 2.24) is 14.5 Å². The largest absolute Gasteiger partial charge is 0.307 e. The molecule has 0 radical (unpaired) electrons. The molecule has 2 aromatic heterocycles. The Balaban J connectivity index is 1.39. The van der Waals surface area contributed by atoms with Gasteiger partial charge < -0.3 is 14.5 Å². The van der Waals surface area contributed by atoms with Gasteiger partial charge in [0.25, 0.3) is 0 Å². The number of hydrogen-bond acceptors (Lipinski definition) is 4. The van der Waals surface area contributed by atoms with E-state index in [1.54, 1.807) is 6.07 Å². The van der Waals surface area contributed by atoms with E-state index in [9.17, 15) is 15.8 Å². The van der Waals surface area contributed by atoms with Crippen LogP contribution in [0, 0.1) is 34.0 Å². The average Bonchev–Trinajstić information content (AvgIpc) is 3.96. The highest BCUT2D eigenvalue weighted by molar-refractivity contribution is 6.12. The van der Waals surface area contributed by atoms with Gasteiger partial charge in [0.1, 0.15) is 12.1 Å². The van der Waals surface area contributed by atoms with Crippen LogP contribution in [0.25, 0.3) is 77.2 Å². The van der Waals surface area contributed by atoms with Crippen molar-refractivity contribution in [3.8, 4) is 51.8 Å². The molecule has 9 aromatic rings. The van der Waals surface area contributed by atoms with Crippen LogP contribution in [0.4, 0.5) is 0 Å². The molecule has 7 aromatic carbocycles.